The SMILES string of the molecule is CNCc1[nH]cnc1-c1ccc2ncoc2c1. The predicted octanol–water partition coefficient (Wildman–Crippen LogP) is 1.94. The van der Waals surface area contributed by atoms with Gasteiger partial charge in [0.25, 0.3) is 0 Å². The summed E-state index contributed by atoms with van der Waals surface area (Å²) in [5.74, 6) is 0. The molecule has 2 aromatic heterocycles. The van der Waals surface area contributed by atoms with Crippen LogP contribution in [0.25, 0.3) is 22.4 Å². The molecular formula is C12H12N4O. The molecule has 0 bridgehead atoms. The van der Waals surface area contributed by atoms with Gasteiger partial charge in [-0.3, -0.25) is 0 Å². The Morgan fingerprint density at radius 3 is 3.18 bits per heavy atom. The van der Waals surface area contributed by atoms with E-state index in [-0.39, 0.29) is 0 Å². The Hall–Kier alpha value is -2.14. The summed E-state index contributed by atoms with van der Waals surface area (Å²) in [5, 5.41) is 3.11. The number of nitrogens with one attached hydrogen (secondary N) is 2. The number of nitrogens with zero attached hydrogens (tertiary/aromatic N) is 2. The molecule has 86 valence electrons. The third-order valence-electron chi connectivity index (χ3n) is 2.68. The molecule has 0 aliphatic rings. The zero-order valence-electron chi connectivity index (χ0n) is 9.40. The second-order valence-corrected chi connectivity index (χ2v) is 3.79. The molecule has 5 heteroatoms. The van der Waals surface area contributed by atoms with Gasteiger partial charge in [0, 0.05) is 12.1 Å². The van der Waals surface area contributed by atoms with Gasteiger partial charge in [-0.05, 0) is 19.2 Å². The molecule has 2 N–H and O–H groups in total. The second-order valence-electron chi connectivity index (χ2n) is 3.79. The van der Waals surface area contributed by atoms with Crippen LogP contribution in [-0.2, 0) is 6.54 Å². The predicted molar refractivity (Wildman–Crippen MR) is 64.4 cm³/mol. The minimum Gasteiger partial charge on any atom is -0.443 e. The lowest BCUT2D eigenvalue weighted by Crippen LogP contribution is -2.06. The monoisotopic (exact) mass is 228 g/mol. The van der Waals surface area contributed by atoms with Gasteiger partial charge in [0.15, 0.2) is 12.0 Å². The van der Waals surface area contributed by atoms with Crippen LogP contribution in [0.4, 0.5) is 0 Å². The van der Waals surface area contributed by atoms with Crippen molar-refractivity contribution in [3.05, 3.63) is 36.6 Å². The van der Waals surface area contributed by atoms with E-state index in [1.807, 2.05) is 25.2 Å². The number of hydrogen-bond donors (Lipinski definition) is 2. The van der Waals surface area contributed by atoms with Crippen molar-refractivity contribution in [3.8, 4) is 11.3 Å². The number of H-pyrrole nitrogens is 1. The highest BCUT2D eigenvalue weighted by Gasteiger charge is 2.09. The first-order valence-corrected chi connectivity index (χ1v) is 5.39. The van der Waals surface area contributed by atoms with Crippen LogP contribution in [0, 0.1) is 0 Å². The Morgan fingerprint density at radius 2 is 2.29 bits per heavy atom. The number of aromatic nitrogens is 3. The fourth-order valence-corrected chi connectivity index (χ4v) is 1.88. The van der Waals surface area contributed by atoms with Crippen molar-refractivity contribution in [1.29, 1.82) is 0 Å². The van der Waals surface area contributed by atoms with Crippen LogP contribution in [0.5, 0.6) is 0 Å². The molecule has 0 saturated carbocycles. The number of aromatic amines is 1. The van der Waals surface area contributed by atoms with Crippen molar-refractivity contribution in [2.45, 2.75) is 6.54 Å². The maximum atomic E-state index is 5.29. The molecular weight excluding hydrogens is 216 g/mol. The van der Waals surface area contributed by atoms with Crippen LogP contribution in [0.3, 0.4) is 0 Å². The summed E-state index contributed by atoms with van der Waals surface area (Å²) in [6.45, 7) is 0.754. The summed E-state index contributed by atoms with van der Waals surface area (Å²) in [6, 6.07) is 5.89. The minimum atomic E-state index is 0.754. The molecule has 5 nitrogen and oxygen atoms in total. The number of rotatable bonds is 3. The van der Waals surface area contributed by atoms with E-state index in [9.17, 15) is 0 Å². The highest BCUT2D eigenvalue weighted by Crippen LogP contribution is 2.24. The molecule has 3 aromatic rings. The minimum absolute atomic E-state index is 0.754. The summed E-state index contributed by atoms with van der Waals surface area (Å²) in [4.78, 5) is 11.6. The Labute approximate surface area is 97.9 Å². The van der Waals surface area contributed by atoms with Gasteiger partial charge in [-0.2, -0.15) is 0 Å². The van der Waals surface area contributed by atoms with E-state index in [1.165, 1.54) is 6.39 Å². The fraction of sp³-hybridized carbons (Fsp3) is 0.167. The number of hydrogen-bond acceptors (Lipinski definition) is 4. The van der Waals surface area contributed by atoms with Crippen molar-refractivity contribution in [3.63, 3.8) is 0 Å². The van der Waals surface area contributed by atoms with Gasteiger partial charge in [0.2, 0.25) is 0 Å². The Kier molecular flexibility index (Phi) is 2.38. The van der Waals surface area contributed by atoms with Crippen LogP contribution >= 0.6 is 0 Å². The van der Waals surface area contributed by atoms with Crippen molar-refractivity contribution in [2.75, 3.05) is 7.05 Å². The molecule has 0 saturated heterocycles. The van der Waals surface area contributed by atoms with Crippen molar-refractivity contribution in [1.82, 2.24) is 20.3 Å². The highest BCUT2D eigenvalue weighted by molar-refractivity contribution is 5.79. The molecule has 0 aliphatic carbocycles. The van der Waals surface area contributed by atoms with E-state index in [1.54, 1.807) is 6.33 Å². The van der Waals surface area contributed by atoms with Gasteiger partial charge < -0.3 is 14.7 Å². The van der Waals surface area contributed by atoms with Crippen LogP contribution in [0.15, 0.2) is 35.3 Å². The fourth-order valence-electron chi connectivity index (χ4n) is 1.88. The molecule has 0 atom stereocenters. The lowest BCUT2D eigenvalue weighted by molar-refractivity contribution is 0.602. The average Bonchev–Trinajstić information content (AvgIpc) is 2.96. The first-order valence-electron chi connectivity index (χ1n) is 5.39. The first-order chi connectivity index (χ1) is 8.38. The Balaban J connectivity index is 2.09. The third kappa shape index (κ3) is 1.70. The number of oxazole rings is 1. The summed E-state index contributed by atoms with van der Waals surface area (Å²) in [6.07, 6.45) is 3.15. The molecule has 0 unspecified atom stereocenters. The molecule has 17 heavy (non-hydrogen) atoms. The van der Waals surface area contributed by atoms with Crippen LogP contribution in [-0.4, -0.2) is 22.0 Å². The van der Waals surface area contributed by atoms with Gasteiger partial charge >= 0.3 is 0 Å². The molecule has 3 rings (SSSR count). The molecule has 0 radical (unpaired) electrons. The van der Waals surface area contributed by atoms with E-state index < -0.39 is 0 Å². The molecule has 0 amide bonds. The first kappa shape index (κ1) is 10.0. The maximum absolute atomic E-state index is 5.29. The lowest BCUT2D eigenvalue weighted by Gasteiger charge is -2.01. The van der Waals surface area contributed by atoms with Crippen LogP contribution in [0.1, 0.15) is 5.69 Å². The van der Waals surface area contributed by atoms with Gasteiger partial charge in [0.1, 0.15) is 5.52 Å². The van der Waals surface area contributed by atoms with E-state index in [2.05, 4.69) is 20.3 Å². The standard InChI is InChI=1S/C12H12N4O/c1-13-5-10-12(15-6-14-10)8-2-3-9-11(4-8)17-7-16-9/h2-4,6-7,13H,5H2,1H3,(H,14,15). The van der Waals surface area contributed by atoms with Crippen LogP contribution < -0.4 is 5.32 Å². The van der Waals surface area contributed by atoms with Crippen molar-refractivity contribution < 1.29 is 4.42 Å². The number of benzene rings is 1. The molecule has 0 spiro atoms. The molecule has 2 heterocycles. The van der Waals surface area contributed by atoms with E-state index in [0.29, 0.717) is 0 Å². The van der Waals surface area contributed by atoms with Gasteiger partial charge in [-0.15, -0.1) is 0 Å². The maximum Gasteiger partial charge on any atom is 0.181 e. The highest BCUT2D eigenvalue weighted by atomic mass is 16.3. The quantitative estimate of drug-likeness (QED) is 0.719. The van der Waals surface area contributed by atoms with E-state index in [4.69, 9.17) is 4.42 Å². The number of fused-ring (bicyclic) bond motifs is 1. The summed E-state index contributed by atoms with van der Waals surface area (Å²) >= 11 is 0. The Bertz CT molecular complexity index is 641. The average molecular weight is 228 g/mol. The summed E-state index contributed by atoms with van der Waals surface area (Å²) < 4.78 is 5.29. The number of imidazole rings is 1. The lowest BCUT2D eigenvalue weighted by atomic mass is 10.1. The summed E-state index contributed by atoms with van der Waals surface area (Å²) in [5.41, 5.74) is 4.67. The largest absolute Gasteiger partial charge is 0.443 e. The summed E-state index contributed by atoms with van der Waals surface area (Å²) in [7, 11) is 1.91. The third-order valence-corrected chi connectivity index (χ3v) is 2.68. The second kappa shape index (κ2) is 4.03. The zero-order chi connectivity index (χ0) is 11.7. The van der Waals surface area contributed by atoms with E-state index >= 15 is 0 Å². The normalized spacial score (nSPS) is 11.1. The van der Waals surface area contributed by atoms with Crippen LogP contribution in [0.2, 0.25) is 0 Å². The molecule has 1 aromatic carbocycles. The van der Waals surface area contributed by atoms with Gasteiger partial charge in [0.05, 0.1) is 17.7 Å². The molecule has 0 aliphatic heterocycles. The van der Waals surface area contributed by atoms with E-state index in [0.717, 1.165) is 34.6 Å². The zero-order valence-corrected chi connectivity index (χ0v) is 9.40. The topological polar surface area (TPSA) is 66.7 Å². The molecule has 0 fully saturated rings. The van der Waals surface area contributed by atoms with Gasteiger partial charge in [-0.1, -0.05) is 6.07 Å². The van der Waals surface area contributed by atoms with Gasteiger partial charge in [-0.25, -0.2) is 9.97 Å². The Morgan fingerprint density at radius 1 is 1.35 bits per heavy atom. The smallest absolute Gasteiger partial charge is 0.181 e. The van der Waals surface area contributed by atoms with Crippen molar-refractivity contribution in [2.24, 2.45) is 0 Å². The van der Waals surface area contributed by atoms with Crippen molar-refractivity contribution >= 4 is 11.1 Å².